The molecule has 1 nitrogen and oxygen atoms in total. The Morgan fingerprint density at radius 2 is 1.72 bits per heavy atom. The van der Waals surface area contributed by atoms with E-state index in [9.17, 15) is 0 Å². The van der Waals surface area contributed by atoms with Gasteiger partial charge in [-0.05, 0) is 64.9 Å². The fourth-order valence-corrected chi connectivity index (χ4v) is 2.54. The normalized spacial score (nSPS) is 12.4. The standard InChI is InChI=1S/C16H18IN/c1-3-18-16(13-8-10-14(17)11-9-13)15-7-5-4-6-12(15)2/h4-11,16,18H,3H2,1-2H3. The summed E-state index contributed by atoms with van der Waals surface area (Å²) in [6.07, 6.45) is 0. The molecule has 2 aromatic carbocycles. The van der Waals surface area contributed by atoms with Crippen molar-refractivity contribution in [2.24, 2.45) is 0 Å². The molecular formula is C16H18IN. The first-order valence-electron chi connectivity index (χ1n) is 6.26. The lowest BCUT2D eigenvalue weighted by atomic mass is 9.95. The first-order chi connectivity index (χ1) is 8.72. The van der Waals surface area contributed by atoms with Crippen LogP contribution in [0, 0.1) is 10.5 Å². The van der Waals surface area contributed by atoms with Gasteiger partial charge in [-0.25, -0.2) is 0 Å². The van der Waals surface area contributed by atoms with Crippen molar-refractivity contribution in [3.05, 3.63) is 68.8 Å². The Balaban J connectivity index is 2.40. The quantitative estimate of drug-likeness (QED) is 0.810. The first-order valence-corrected chi connectivity index (χ1v) is 7.34. The molecular weight excluding hydrogens is 333 g/mol. The predicted molar refractivity (Wildman–Crippen MR) is 85.9 cm³/mol. The summed E-state index contributed by atoms with van der Waals surface area (Å²) in [4.78, 5) is 0. The second-order valence-electron chi connectivity index (χ2n) is 4.40. The summed E-state index contributed by atoms with van der Waals surface area (Å²) >= 11 is 2.34. The number of halogens is 1. The number of benzene rings is 2. The zero-order valence-electron chi connectivity index (χ0n) is 10.8. The van der Waals surface area contributed by atoms with Gasteiger partial charge in [0.05, 0.1) is 6.04 Å². The third-order valence-electron chi connectivity index (χ3n) is 3.11. The van der Waals surface area contributed by atoms with E-state index in [1.807, 2.05) is 0 Å². The highest BCUT2D eigenvalue weighted by Gasteiger charge is 2.14. The van der Waals surface area contributed by atoms with Crippen LogP contribution in [0.4, 0.5) is 0 Å². The minimum absolute atomic E-state index is 0.285. The highest BCUT2D eigenvalue weighted by molar-refractivity contribution is 14.1. The van der Waals surface area contributed by atoms with E-state index < -0.39 is 0 Å². The molecule has 2 heteroatoms. The Labute approximate surface area is 123 Å². The topological polar surface area (TPSA) is 12.0 Å². The second kappa shape index (κ2) is 6.34. The summed E-state index contributed by atoms with van der Waals surface area (Å²) < 4.78 is 1.27. The molecule has 2 aromatic rings. The average molecular weight is 351 g/mol. The molecule has 18 heavy (non-hydrogen) atoms. The van der Waals surface area contributed by atoms with Gasteiger partial charge in [0.1, 0.15) is 0 Å². The van der Waals surface area contributed by atoms with E-state index in [2.05, 4.69) is 90.3 Å². The van der Waals surface area contributed by atoms with Crippen LogP contribution in [0.5, 0.6) is 0 Å². The smallest absolute Gasteiger partial charge is 0.0579 e. The van der Waals surface area contributed by atoms with Gasteiger partial charge in [0.2, 0.25) is 0 Å². The molecule has 0 saturated carbocycles. The van der Waals surface area contributed by atoms with Crippen molar-refractivity contribution in [3.8, 4) is 0 Å². The molecule has 2 rings (SSSR count). The molecule has 0 heterocycles. The summed E-state index contributed by atoms with van der Waals surface area (Å²) in [5.74, 6) is 0. The van der Waals surface area contributed by atoms with Crippen LogP contribution in [0.15, 0.2) is 48.5 Å². The molecule has 0 spiro atoms. The molecule has 0 aliphatic carbocycles. The van der Waals surface area contributed by atoms with Gasteiger partial charge in [-0.3, -0.25) is 0 Å². The van der Waals surface area contributed by atoms with Crippen molar-refractivity contribution < 1.29 is 0 Å². The number of rotatable bonds is 4. The van der Waals surface area contributed by atoms with Crippen molar-refractivity contribution in [2.75, 3.05) is 6.54 Å². The van der Waals surface area contributed by atoms with Gasteiger partial charge in [0.25, 0.3) is 0 Å². The number of nitrogens with one attached hydrogen (secondary N) is 1. The van der Waals surface area contributed by atoms with Crippen LogP contribution in [0.1, 0.15) is 29.7 Å². The molecule has 0 aromatic heterocycles. The molecule has 0 saturated heterocycles. The molecule has 0 bridgehead atoms. The van der Waals surface area contributed by atoms with E-state index in [1.165, 1.54) is 20.3 Å². The lowest BCUT2D eigenvalue weighted by Crippen LogP contribution is -2.22. The van der Waals surface area contributed by atoms with Gasteiger partial charge < -0.3 is 5.32 Å². The third-order valence-corrected chi connectivity index (χ3v) is 3.83. The van der Waals surface area contributed by atoms with E-state index in [0.717, 1.165) is 6.54 Å². The van der Waals surface area contributed by atoms with E-state index in [1.54, 1.807) is 0 Å². The highest BCUT2D eigenvalue weighted by Crippen LogP contribution is 2.25. The fourth-order valence-electron chi connectivity index (χ4n) is 2.18. The Morgan fingerprint density at radius 3 is 2.33 bits per heavy atom. The van der Waals surface area contributed by atoms with Gasteiger partial charge in [0.15, 0.2) is 0 Å². The van der Waals surface area contributed by atoms with Gasteiger partial charge >= 0.3 is 0 Å². The number of hydrogen-bond donors (Lipinski definition) is 1. The summed E-state index contributed by atoms with van der Waals surface area (Å²) in [6, 6.07) is 17.6. The predicted octanol–water partition coefficient (Wildman–Crippen LogP) is 4.30. The number of aryl methyl sites for hydroxylation is 1. The van der Waals surface area contributed by atoms with Gasteiger partial charge in [0, 0.05) is 3.57 Å². The maximum absolute atomic E-state index is 3.57. The van der Waals surface area contributed by atoms with Gasteiger partial charge in [-0.15, -0.1) is 0 Å². The summed E-state index contributed by atoms with van der Waals surface area (Å²) in [5, 5.41) is 3.57. The third kappa shape index (κ3) is 3.12. The molecule has 0 aliphatic heterocycles. The molecule has 94 valence electrons. The monoisotopic (exact) mass is 351 g/mol. The van der Waals surface area contributed by atoms with Crippen molar-refractivity contribution in [1.82, 2.24) is 5.32 Å². The summed E-state index contributed by atoms with van der Waals surface area (Å²) in [6.45, 7) is 5.29. The van der Waals surface area contributed by atoms with E-state index in [4.69, 9.17) is 0 Å². The molecule has 0 radical (unpaired) electrons. The van der Waals surface area contributed by atoms with Crippen LogP contribution < -0.4 is 5.32 Å². The first kappa shape index (κ1) is 13.6. The van der Waals surface area contributed by atoms with E-state index in [0.29, 0.717) is 0 Å². The molecule has 1 N–H and O–H groups in total. The van der Waals surface area contributed by atoms with Crippen LogP contribution in [0.25, 0.3) is 0 Å². The van der Waals surface area contributed by atoms with E-state index in [-0.39, 0.29) is 6.04 Å². The van der Waals surface area contributed by atoms with Crippen LogP contribution >= 0.6 is 22.6 Å². The lowest BCUT2D eigenvalue weighted by molar-refractivity contribution is 0.627. The van der Waals surface area contributed by atoms with Crippen LogP contribution in [0.3, 0.4) is 0 Å². The Hall–Kier alpha value is -0.870. The SMILES string of the molecule is CCNC(c1ccc(I)cc1)c1ccccc1C. The number of hydrogen-bond acceptors (Lipinski definition) is 1. The molecule has 1 unspecified atom stereocenters. The Morgan fingerprint density at radius 1 is 1.06 bits per heavy atom. The largest absolute Gasteiger partial charge is 0.307 e. The summed E-state index contributed by atoms with van der Waals surface area (Å²) in [7, 11) is 0. The van der Waals surface area contributed by atoms with Crippen molar-refractivity contribution in [3.63, 3.8) is 0 Å². The van der Waals surface area contributed by atoms with Gasteiger partial charge in [-0.2, -0.15) is 0 Å². The fraction of sp³-hybridized carbons (Fsp3) is 0.250. The van der Waals surface area contributed by atoms with Crippen LogP contribution in [-0.4, -0.2) is 6.54 Å². The molecule has 0 amide bonds. The maximum atomic E-state index is 3.57. The lowest BCUT2D eigenvalue weighted by Gasteiger charge is -2.21. The molecule has 0 aliphatic rings. The zero-order chi connectivity index (χ0) is 13.0. The van der Waals surface area contributed by atoms with Crippen molar-refractivity contribution in [1.29, 1.82) is 0 Å². The molecule has 1 atom stereocenters. The average Bonchev–Trinajstić information content (AvgIpc) is 2.38. The summed E-state index contributed by atoms with van der Waals surface area (Å²) in [5.41, 5.74) is 4.02. The highest BCUT2D eigenvalue weighted by atomic mass is 127. The minimum Gasteiger partial charge on any atom is -0.307 e. The van der Waals surface area contributed by atoms with Crippen molar-refractivity contribution in [2.45, 2.75) is 19.9 Å². The minimum atomic E-state index is 0.285. The van der Waals surface area contributed by atoms with Crippen molar-refractivity contribution >= 4 is 22.6 Å². The van der Waals surface area contributed by atoms with Crippen LogP contribution in [-0.2, 0) is 0 Å². The van der Waals surface area contributed by atoms with Gasteiger partial charge in [-0.1, -0.05) is 43.3 Å². The second-order valence-corrected chi connectivity index (χ2v) is 5.64. The maximum Gasteiger partial charge on any atom is 0.0579 e. The Bertz CT molecular complexity index is 505. The Kier molecular flexibility index (Phi) is 4.78. The molecule has 0 fully saturated rings. The zero-order valence-corrected chi connectivity index (χ0v) is 12.9. The van der Waals surface area contributed by atoms with Crippen LogP contribution in [0.2, 0.25) is 0 Å². The van der Waals surface area contributed by atoms with E-state index >= 15 is 0 Å².